The summed E-state index contributed by atoms with van der Waals surface area (Å²) in [6.07, 6.45) is 0. The van der Waals surface area contributed by atoms with Crippen molar-refractivity contribution in [3.63, 3.8) is 0 Å². The molecule has 2 aromatic carbocycles. The maximum absolute atomic E-state index is 12.9. The first-order valence-electron chi connectivity index (χ1n) is 5.99. The third-order valence-electron chi connectivity index (χ3n) is 2.98. The largest absolute Gasteiger partial charge is 0.306 e. The predicted octanol–water partition coefficient (Wildman–Crippen LogP) is 5.09. The fourth-order valence-corrected chi connectivity index (χ4v) is 2.62. The lowest BCUT2D eigenvalue weighted by Gasteiger charge is -2.15. The molecule has 1 nitrogen and oxygen atoms in total. The van der Waals surface area contributed by atoms with Crippen LogP contribution >= 0.6 is 27.5 Å². The molecule has 0 aliphatic carbocycles. The molecule has 0 saturated carbocycles. The zero-order chi connectivity index (χ0) is 13.8. The van der Waals surface area contributed by atoms with Crippen molar-refractivity contribution in [2.24, 2.45) is 0 Å². The quantitative estimate of drug-likeness (QED) is 0.816. The second kappa shape index (κ2) is 6.51. The minimum atomic E-state index is -0.212. The van der Waals surface area contributed by atoms with Crippen LogP contribution in [0.25, 0.3) is 0 Å². The fraction of sp³-hybridized carbons (Fsp3) is 0.200. The number of nitrogens with one attached hydrogen (secondary N) is 1. The lowest BCUT2D eigenvalue weighted by Crippen LogP contribution is -2.18. The van der Waals surface area contributed by atoms with Crippen LogP contribution in [0.4, 0.5) is 4.39 Å². The van der Waals surface area contributed by atoms with Crippen molar-refractivity contribution in [1.29, 1.82) is 0 Å². The maximum Gasteiger partial charge on any atom is 0.123 e. The van der Waals surface area contributed by atoms with Gasteiger partial charge in [-0.3, -0.25) is 0 Å². The van der Waals surface area contributed by atoms with E-state index >= 15 is 0 Å². The van der Waals surface area contributed by atoms with Gasteiger partial charge in [-0.25, -0.2) is 4.39 Å². The molecule has 0 aromatic heterocycles. The summed E-state index contributed by atoms with van der Waals surface area (Å²) < 4.78 is 13.8. The number of halogens is 3. The third-order valence-corrected chi connectivity index (χ3v) is 3.96. The smallest absolute Gasteiger partial charge is 0.123 e. The second-order valence-electron chi connectivity index (χ2n) is 4.39. The minimum absolute atomic E-state index is 0.156. The average molecular weight is 343 g/mol. The highest BCUT2D eigenvalue weighted by Gasteiger charge is 2.06. The Morgan fingerprint density at radius 3 is 2.53 bits per heavy atom. The highest BCUT2D eigenvalue weighted by molar-refractivity contribution is 9.10. The van der Waals surface area contributed by atoms with Crippen molar-refractivity contribution >= 4 is 27.5 Å². The first-order valence-corrected chi connectivity index (χ1v) is 7.16. The van der Waals surface area contributed by atoms with Crippen molar-refractivity contribution in [3.05, 3.63) is 68.9 Å². The van der Waals surface area contributed by atoms with Crippen molar-refractivity contribution in [1.82, 2.24) is 5.32 Å². The molecule has 0 fully saturated rings. The normalized spacial score (nSPS) is 12.4. The molecule has 0 radical (unpaired) electrons. The molecule has 0 spiro atoms. The van der Waals surface area contributed by atoms with Gasteiger partial charge >= 0.3 is 0 Å². The molecular formula is C15H14BrClFN. The zero-order valence-corrected chi connectivity index (χ0v) is 12.8. The van der Waals surface area contributed by atoms with E-state index in [0.29, 0.717) is 5.02 Å². The molecule has 2 rings (SSSR count). The van der Waals surface area contributed by atoms with Crippen molar-refractivity contribution < 1.29 is 4.39 Å². The molecule has 0 bridgehead atoms. The van der Waals surface area contributed by atoms with Crippen LogP contribution in [-0.2, 0) is 6.54 Å². The molecule has 0 heterocycles. The summed E-state index contributed by atoms with van der Waals surface area (Å²) in [5.74, 6) is -0.212. The van der Waals surface area contributed by atoms with Gasteiger partial charge in [0.25, 0.3) is 0 Å². The molecular weight excluding hydrogens is 329 g/mol. The minimum Gasteiger partial charge on any atom is -0.306 e. The fourth-order valence-electron chi connectivity index (χ4n) is 1.80. The lowest BCUT2D eigenvalue weighted by molar-refractivity contribution is 0.570. The van der Waals surface area contributed by atoms with E-state index in [1.165, 1.54) is 12.1 Å². The van der Waals surface area contributed by atoms with Gasteiger partial charge in [-0.2, -0.15) is 0 Å². The van der Waals surface area contributed by atoms with Gasteiger partial charge in [-0.05, 0) is 42.3 Å². The van der Waals surface area contributed by atoms with Gasteiger partial charge in [0.15, 0.2) is 0 Å². The summed E-state index contributed by atoms with van der Waals surface area (Å²) in [4.78, 5) is 0. The van der Waals surface area contributed by atoms with E-state index in [4.69, 9.17) is 11.6 Å². The van der Waals surface area contributed by atoms with E-state index in [0.717, 1.165) is 22.1 Å². The summed E-state index contributed by atoms with van der Waals surface area (Å²) in [5, 5.41) is 4.11. The van der Waals surface area contributed by atoms with Crippen LogP contribution in [0, 0.1) is 5.82 Å². The first-order chi connectivity index (χ1) is 9.06. The van der Waals surface area contributed by atoms with Gasteiger partial charge in [0.05, 0.1) is 0 Å². The summed E-state index contributed by atoms with van der Waals surface area (Å²) in [6, 6.07) is 12.4. The van der Waals surface area contributed by atoms with Crippen LogP contribution in [-0.4, -0.2) is 0 Å². The highest BCUT2D eigenvalue weighted by atomic mass is 79.9. The van der Waals surface area contributed by atoms with E-state index in [1.807, 2.05) is 18.2 Å². The Bertz CT molecular complexity index is 557. The Morgan fingerprint density at radius 2 is 1.89 bits per heavy atom. The molecule has 2 aromatic rings. The third kappa shape index (κ3) is 4.03. The van der Waals surface area contributed by atoms with Gasteiger partial charge in [-0.1, -0.05) is 45.7 Å². The summed E-state index contributed by atoms with van der Waals surface area (Å²) >= 11 is 9.39. The van der Waals surface area contributed by atoms with Crippen LogP contribution < -0.4 is 5.32 Å². The van der Waals surface area contributed by atoms with Crippen LogP contribution in [0.2, 0.25) is 5.02 Å². The molecule has 0 unspecified atom stereocenters. The molecule has 19 heavy (non-hydrogen) atoms. The second-order valence-corrected chi connectivity index (χ2v) is 5.68. The summed E-state index contributed by atoms with van der Waals surface area (Å²) in [5.41, 5.74) is 2.20. The van der Waals surface area contributed by atoms with Gasteiger partial charge in [0, 0.05) is 22.1 Å². The topological polar surface area (TPSA) is 12.0 Å². The SMILES string of the molecule is C[C@@H](NCc1ccc(Cl)cc1Br)c1ccc(F)cc1. The molecule has 4 heteroatoms. The van der Waals surface area contributed by atoms with Gasteiger partial charge in [0.2, 0.25) is 0 Å². The maximum atomic E-state index is 12.9. The monoisotopic (exact) mass is 341 g/mol. The number of benzene rings is 2. The zero-order valence-electron chi connectivity index (χ0n) is 10.5. The van der Waals surface area contributed by atoms with Gasteiger partial charge in [-0.15, -0.1) is 0 Å². The van der Waals surface area contributed by atoms with Crippen LogP contribution in [0.3, 0.4) is 0 Å². The Balaban J connectivity index is 2.00. The molecule has 0 amide bonds. The molecule has 0 aliphatic heterocycles. The molecule has 1 N–H and O–H groups in total. The van der Waals surface area contributed by atoms with E-state index in [9.17, 15) is 4.39 Å². The number of hydrogen-bond acceptors (Lipinski definition) is 1. The first kappa shape index (κ1) is 14.5. The molecule has 1 atom stereocenters. The van der Waals surface area contributed by atoms with Crippen LogP contribution in [0.15, 0.2) is 46.9 Å². The highest BCUT2D eigenvalue weighted by Crippen LogP contribution is 2.22. The Morgan fingerprint density at radius 1 is 1.21 bits per heavy atom. The molecule has 100 valence electrons. The van der Waals surface area contributed by atoms with Gasteiger partial charge < -0.3 is 5.32 Å². The summed E-state index contributed by atoms with van der Waals surface area (Å²) in [6.45, 7) is 2.77. The summed E-state index contributed by atoms with van der Waals surface area (Å²) in [7, 11) is 0. The van der Waals surface area contributed by atoms with E-state index in [2.05, 4.69) is 28.2 Å². The van der Waals surface area contributed by atoms with E-state index in [-0.39, 0.29) is 11.9 Å². The van der Waals surface area contributed by atoms with Crippen molar-refractivity contribution in [2.45, 2.75) is 19.5 Å². The van der Waals surface area contributed by atoms with E-state index < -0.39 is 0 Å². The predicted molar refractivity (Wildman–Crippen MR) is 80.8 cm³/mol. The Kier molecular flexibility index (Phi) is 4.97. The standard InChI is InChI=1S/C15H14BrClFN/c1-10(11-3-6-14(18)7-4-11)19-9-12-2-5-13(17)8-15(12)16/h2-8,10,19H,9H2,1H3/t10-/m1/s1. The van der Waals surface area contributed by atoms with E-state index in [1.54, 1.807) is 12.1 Å². The number of hydrogen-bond donors (Lipinski definition) is 1. The molecule has 0 saturated heterocycles. The van der Waals surface area contributed by atoms with Gasteiger partial charge in [0.1, 0.15) is 5.82 Å². The van der Waals surface area contributed by atoms with Crippen molar-refractivity contribution in [3.8, 4) is 0 Å². The molecule has 0 aliphatic rings. The number of rotatable bonds is 4. The lowest BCUT2D eigenvalue weighted by atomic mass is 10.1. The van der Waals surface area contributed by atoms with Crippen molar-refractivity contribution in [2.75, 3.05) is 0 Å². The Hall–Kier alpha value is -0.900. The Labute approximate surface area is 125 Å². The van der Waals surface area contributed by atoms with Crippen LogP contribution in [0.5, 0.6) is 0 Å². The van der Waals surface area contributed by atoms with Crippen LogP contribution in [0.1, 0.15) is 24.1 Å². The average Bonchev–Trinajstić information content (AvgIpc) is 2.38.